The summed E-state index contributed by atoms with van der Waals surface area (Å²) in [6, 6.07) is 14.1. The molecular formula is C23H29N3O7S. The van der Waals surface area contributed by atoms with Crippen molar-refractivity contribution in [2.45, 2.75) is 37.8 Å². The topological polar surface area (TPSA) is 154 Å². The van der Waals surface area contributed by atoms with E-state index in [1.54, 1.807) is 38.1 Å². The summed E-state index contributed by atoms with van der Waals surface area (Å²) in [6.07, 6.45) is -0.328. The van der Waals surface area contributed by atoms with Gasteiger partial charge in [0.15, 0.2) is 6.61 Å². The Balaban J connectivity index is 1.73. The van der Waals surface area contributed by atoms with Gasteiger partial charge in [0.1, 0.15) is 12.6 Å². The normalized spacial score (nSPS) is 12.0. The number of hydrogen-bond acceptors (Lipinski definition) is 7. The average Bonchev–Trinajstić information content (AvgIpc) is 2.80. The maximum Gasteiger partial charge on any atom is 0.408 e. The van der Waals surface area contributed by atoms with E-state index in [0.29, 0.717) is 6.42 Å². The van der Waals surface area contributed by atoms with Gasteiger partial charge < -0.3 is 20.1 Å². The zero-order valence-corrected chi connectivity index (χ0v) is 19.8. The third-order valence-corrected chi connectivity index (χ3v) is 5.67. The van der Waals surface area contributed by atoms with E-state index in [1.165, 1.54) is 12.1 Å². The zero-order chi connectivity index (χ0) is 25.1. The largest absolute Gasteiger partial charge is 0.454 e. The first-order valence-electron chi connectivity index (χ1n) is 10.6. The zero-order valence-electron chi connectivity index (χ0n) is 19.0. The Morgan fingerprint density at radius 2 is 1.59 bits per heavy atom. The average molecular weight is 492 g/mol. The molecule has 0 radical (unpaired) electrons. The van der Waals surface area contributed by atoms with Crippen LogP contribution < -0.4 is 15.8 Å². The lowest BCUT2D eigenvalue weighted by atomic mass is 10.1. The van der Waals surface area contributed by atoms with Crippen LogP contribution >= 0.6 is 0 Å². The molecule has 0 spiro atoms. The third-order valence-electron chi connectivity index (χ3n) is 4.74. The highest BCUT2D eigenvalue weighted by Crippen LogP contribution is 2.09. The smallest absolute Gasteiger partial charge is 0.408 e. The minimum Gasteiger partial charge on any atom is -0.454 e. The number of amides is 2. The van der Waals surface area contributed by atoms with Crippen molar-refractivity contribution in [3.63, 3.8) is 0 Å². The molecule has 0 aliphatic rings. The number of primary sulfonamides is 1. The molecule has 184 valence electrons. The lowest BCUT2D eigenvalue weighted by Gasteiger charge is -2.20. The molecule has 2 rings (SSSR count). The second-order valence-corrected chi connectivity index (χ2v) is 9.39. The Kier molecular flexibility index (Phi) is 10.0. The number of sulfonamides is 1. The molecule has 2 amide bonds. The van der Waals surface area contributed by atoms with Crippen LogP contribution in [0, 0.1) is 5.92 Å². The van der Waals surface area contributed by atoms with Gasteiger partial charge in [0.05, 0.1) is 4.90 Å². The Morgan fingerprint density at radius 3 is 2.18 bits per heavy atom. The molecule has 2 aromatic rings. The molecule has 2 aromatic carbocycles. The van der Waals surface area contributed by atoms with Crippen LogP contribution in [-0.2, 0) is 42.1 Å². The Hall–Kier alpha value is -3.44. The summed E-state index contributed by atoms with van der Waals surface area (Å²) in [6.45, 7) is 3.25. The van der Waals surface area contributed by atoms with Crippen LogP contribution in [0.5, 0.6) is 0 Å². The van der Waals surface area contributed by atoms with Gasteiger partial charge in [0, 0.05) is 6.54 Å². The van der Waals surface area contributed by atoms with Crippen molar-refractivity contribution < 1.29 is 32.3 Å². The van der Waals surface area contributed by atoms with Crippen molar-refractivity contribution in [3.05, 3.63) is 65.7 Å². The monoisotopic (exact) mass is 491 g/mol. The van der Waals surface area contributed by atoms with Gasteiger partial charge in [0.25, 0.3) is 5.91 Å². The maximum absolute atomic E-state index is 12.4. The number of carbonyl (C=O) groups excluding carboxylic acids is 3. The second-order valence-electron chi connectivity index (χ2n) is 7.82. The molecular weight excluding hydrogens is 462 g/mol. The van der Waals surface area contributed by atoms with Crippen molar-refractivity contribution in [3.8, 4) is 0 Å². The van der Waals surface area contributed by atoms with Gasteiger partial charge in [-0.3, -0.25) is 4.79 Å². The van der Waals surface area contributed by atoms with Crippen LogP contribution in [0.25, 0.3) is 0 Å². The predicted octanol–water partition coefficient (Wildman–Crippen LogP) is 1.49. The van der Waals surface area contributed by atoms with Crippen LogP contribution in [0.2, 0.25) is 0 Å². The minimum atomic E-state index is -3.76. The van der Waals surface area contributed by atoms with Crippen LogP contribution in [0.1, 0.15) is 25.0 Å². The third kappa shape index (κ3) is 9.20. The Bertz CT molecular complexity index is 1070. The summed E-state index contributed by atoms with van der Waals surface area (Å²) in [7, 11) is -3.76. The first-order valence-corrected chi connectivity index (χ1v) is 12.1. The molecule has 0 unspecified atom stereocenters. The second kappa shape index (κ2) is 12.7. The molecule has 11 heteroatoms. The van der Waals surface area contributed by atoms with E-state index < -0.39 is 40.6 Å². The molecule has 0 aliphatic carbocycles. The van der Waals surface area contributed by atoms with Crippen molar-refractivity contribution in [2.75, 3.05) is 13.2 Å². The van der Waals surface area contributed by atoms with Crippen LogP contribution in [-0.4, -0.2) is 45.6 Å². The lowest BCUT2D eigenvalue weighted by molar-refractivity contribution is -0.151. The molecule has 0 aliphatic heterocycles. The number of alkyl carbamates (subject to hydrolysis) is 1. The van der Waals surface area contributed by atoms with Crippen LogP contribution in [0.15, 0.2) is 59.5 Å². The van der Waals surface area contributed by atoms with E-state index in [-0.39, 0.29) is 24.0 Å². The first-order chi connectivity index (χ1) is 16.1. The molecule has 0 bridgehead atoms. The number of carbonyl (C=O) groups is 3. The van der Waals surface area contributed by atoms with Gasteiger partial charge in [-0.15, -0.1) is 0 Å². The molecule has 0 aromatic heterocycles. The van der Waals surface area contributed by atoms with E-state index in [2.05, 4.69) is 10.6 Å². The molecule has 1 atom stereocenters. The number of hydrogen-bond donors (Lipinski definition) is 3. The van der Waals surface area contributed by atoms with E-state index in [0.717, 1.165) is 11.1 Å². The summed E-state index contributed by atoms with van der Waals surface area (Å²) in [5, 5.41) is 10.1. The van der Waals surface area contributed by atoms with Gasteiger partial charge in [-0.05, 0) is 35.6 Å². The van der Waals surface area contributed by atoms with Crippen LogP contribution in [0.4, 0.5) is 4.79 Å². The molecule has 0 fully saturated rings. The Labute approximate surface area is 198 Å². The Morgan fingerprint density at radius 1 is 0.941 bits per heavy atom. The predicted molar refractivity (Wildman–Crippen MR) is 124 cm³/mol. The quantitative estimate of drug-likeness (QED) is 0.402. The SMILES string of the molecule is CC(C)[C@H](NC(=O)OCc1ccccc1)C(=O)OCC(=O)NCCc1ccc(S(N)(=O)=O)cc1. The fraction of sp³-hybridized carbons (Fsp3) is 0.348. The standard InChI is InChI=1S/C23H29N3O7S/c1-16(2)21(26-23(29)33-14-18-6-4-3-5-7-18)22(28)32-15-20(27)25-13-12-17-8-10-19(11-9-17)34(24,30)31/h3-11,16,21H,12-15H2,1-2H3,(H,25,27)(H,26,29)(H2,24,30,31)/t21-/m0/s1. The fourth-order valence-electron chi connectivity index (χ4n) is 2.86. The number of benzene rings is 2. The highest BCUT2D eigenvalue weighted by Gasteiger charge is 2.27. The summed E-state index contributed by atoms with van der Waals surface area (Å²) in [5.74, 6) is -1.55. The summed E-state index contributed by atoms with van der Waals surface area (Å²) in [4.78, 5) is 36.4. The molecule has 34 heavy (non-hydrogen) atoms. The van der Waals surface area contributed by atoms with Crippen molar-refractivity contribution in [2.24, 2.45) is 11.1 Å². The fourth-order valence-corrected chi connectivity index (χ4v) is 3.37. The van der Waals surface area contributed by atoms with Crippen LogP contribution in [0.3, 0.4) is 0 Å². The van der Waals surface area contributed by atoms with Crippen molar-refractivity contribution in [1.29, 1.82) is 0 Å². The van der Waals surface area contributed by atoms with Gasteiger partial charge in [-0.2, -0.15) is 0 Å². The highest BCUT2D eigenvalue weighted by atomic mass is 32.2. The summed E-state index contributed by atoms with van der Waals surface area (Å²) < 4.78 is 32.7. The van der Waals surface area contributed by atoms with E-state index in [9.17, 15) is 22.8 Å². The number of ether oxygens (including phenoxy) is 2. The number of rotatable bonds is 11. The molecule has 0 saturated heterocycles. The van der Waals surface area contributed by atoms with Gasteiger partial charge in [0.2, 0.25) is 10.0 Å². The van der Waals surface area contributed by atoms with Gasteiger partial charge in [-0.25, -0.2) is 23.1 Å². The van der Waals surface area contributed by atoms with Crippen molar-refractivity contribution >= 4 is 28.0 Å². The van der Waals surface area contributed by atoms with Gasteiger partial charge >= 0.3 is 12.1 Å². The molecule has 10 nitrogen and oxygen atoms in total. The summed E-state index contributed by atoms with van der Waals surface area (Å²) >= 11 is 0. The minimum absolute atomic E-state index is 0.00413. The van der Waals surface area contributed by atoms with Gasteiger partial charge in [-0.1, -0.05) is 56.3 Å². The first kappa shape index (κ1) is 26.8. The number of esters is 1. The number of nitrogens with two attached hydrogens (primary N) is 1. The molecule has 4 N–H and O–H groups in total. The maximum atomic E-state index is 12.4. The van der Waals surface area contributed by atoms with E-state index in [4.69, 9.17) is 14.6 Å². The molecule has 0 heterocycles. The molecule has 0 saturated carbocycles. The number of nitrogens with one attached hydrogen (secondary N) is 2. The van der Waals surface area contributed by atoms with E-state index in [1.807, 2.05) is 18.2 Å². The van der Waals surface area contributed by atoms with Crippen molar-refractivity contribution in [1.82, 2.24) is 10.6 Å². The summed E-state index contributed by atoms with van der Waals surface area (Å²) in [5.41, 5.74) is 1.60. The highest BCUT2D eigenvalue weighted by molar-refractivity contribution is 7.89. The lowest BCUT2D eigenvalue weighted by Crippen LogP contribution is -2.46. The van der Waals surface area contributed by atoms with E-state index >= 15 is 0 Å².